The second kappa shape index (κ2) is 6.43. The second-order valence-corrected chi connectivity index (χ2v) is 5.17. The lowest BCUT2D eigenvalue weighted by atomic mass is 10.2. The van der Waals surface area contributed by atoms with E-state index >= 15 is 0 Å². The summed E-state index contributed by atoms with van der Waals surface area (Å²) < 4.78 is 5.47. The van der Waals surface area contributed by atoms with Crippen molar-refractivity contribution >= 4 is 28.7 Å². The second-order valence-electron chi connectivity index (χ2n) is 4.76. The first-order chi connectivity index (χ1) is 9.54. The van der Waals surface area contributed by atoms with Gasteiger partial charge in [0.1, 0.15) is 11.5 Å². The molecule has 0 atom stereocenters. The van der Waals surface area contributed by atoms with Crippen LogP contribution in [-0.4, -0.2) is 19.2 Å². The summed E-state index contributed by atoms with van der Waals surface area (Å²) in [5, 5.41) is 6.84. The summed E-state index contributed by atoms with van der Waals surface area (Å²) in [4.78, 5) is 2.06. The largest absolute Gasteiger partial charge is 0.465 e. The Balaban J connectivity index is 1.84. The molecule has 0 amide bonds. The fourth-order valence-electron chi connectivity index (χ4n) is 1.77. The van der Waals surface area contributed by atoms with Crippen molar-refractivity contribution < 1.29 is 4.42 Å². The zero-order chi connectivity index (χ0) is 14.5. The van der Waals surface area contributed by atoms with Gasteiger partial charge in [-0.2, -0.15) is 0 Å². The Bertz CT molecular complexity index is 575. The average molecular weight is 289 g/mol. The van der Waals surface area contributed by atoms with Gasteiger partial charge in [0.05, 0.1) is 6.54 Å². The van der Waals surface area contributed by atoms with Gasteiger partial charge < -0.3 is 20.0 Å². The van der Waals surface area contributed by atoms with Crippen molar-refractivity contribution in [2.75, 3.05) is 24.3 Å². The number of nitrogens with one attached hydrogen (secondary N) is 2. The highest BCUT2D eigenvalue weighted by Gasteiger charge is 2.01. The van der Waals surface area contributed by atoms with Crippen LogP contribution in [0.5, 0.6) is 0 Å². The van der Waals surface area contributed by atoms with Gasteiger partial charge in [-0.1, -0.05) is 0 Å². The molecule has 0 saturated heterocycles. The molecule has 2 rings (SSSR count). The molecule has 106 valence electrons. The highest BCUT2D eigenvalue weighted by Crippen LogP contribution is 2.15. The van der Waals surface area contributed by atoms with Gasteiger partial charge >= 0.3 is 0 Å². The third kappa shape index (κ3) is 3.99. The lowest BCUT2D eigenvalue weighted by molar-refractivity contribution is 0.478. The van der Waals surface area contributed by atoms with E-state index in [-0.39, 0.29) is 0 Å². The summed E-state index contributed by atoms with van der Waals surface area (Å²) in [5.74, 6) is 1.77. The molecule has 5 heteroatoms. The van der Waals surface area contributed by atoms with E-state index in [1.807, 2.05) is 57.4 Å². The smallest absolute Gasteiger partial charge is 0.171 e. The lowest BCUT2D eigenvalue weighted by Gasteiger charge is -2.14. The molecule has 0 fully saturated rings. The number of benzene rings is 1. The van der Waals surface area contributed by atoms with Gasteiger partial charge in [-0.05, 0) is 55.5 Å². The summed E-state index contributed by atoms with van der Waals surface area (Å²) >= 11 is 5.25. The van der Waals surface area contributed by atoms with Gasteiger partial charge in [-0.3, -0.25) is 0 Å². The maximum absolute atomic E-state index is 5.47. The topological polar surface area (TPSA) is 40.4 Å². The van der Waals surface area contributed by atoms with Gasteiger partial charge in [0.15, 0.2) is 5.11 Å². The first-order valence-corrected chi connectivity index (χ1v) is 6.83. The molecule has 0 saturated carbocycles. The van der Waals surface area contributed by atoms with Gasteiger partial charge in [0.2, 0.25) is 0 Å². The Labute approximate surface area is 124 Å². The Morgan fingerprint density at radius 2 is 1.85 bits per heavy atom. The quantitative estimate of drug-likeness (QED) is 0.846. The van der Waals surface area contributed by atoms with Crippen molar-refractivity contribution in [3.05, 3.63) is 47.9 Å². The highest BCUT2D eigenvalue weighted by atomic mass is 32.1. The first kappa shape index (κ1) is 14.4. The molecule has 0 unspecified atom stereocenters. The summed E-state index contributed by atoms with van der Waals surface area (Å²) in [6.45, 7) is 2.50. The molecule has 4 nitrogen and oxygen atoms in total. The lowest BCUT2D eigenvalue weighted by Crippen LogP contribution is -2.27. The Kier molecular flexibility index (Phi) is 4.63. The number of nitrogens with zero attached hydrogens (tertiary/aromatic N) is 1. The molecule has 0 spiro atoms. The molecule has 2 aromatic rings. The van der Waals surface area contributed by atoms with Crippen molar-refractivity contribution in [2.24, 2.45) is 0 Å². The Morgan fingerprint density at radius 3 is 2.40 bits per heavy atom. The molecule has 0 aliphatic heterocycles. The Hall–Kier alpha value is -2.01. The predicted molar refractivity (Wildman–Crippen MR) is 87.3 cm³/mol. The first-order valence-electron chi connectivity index (χ1n) is 6.42. The SMILES string of the molecule is Cc1ccc(CNC(=S)Nc2ccc(N(C)C)cc2)o1. The number of anilines is 2. The number of hydrogen-bond donors (Lipinski definition) is 2. The number of thiocarbonyl (C=S) groups is 1. The van der Waals surface area contributed by atoms with E-state index in [2.05, 4.69) is 15.5 Å². The van der Waals surface area contributed by atoms with Crippen LogP contribution in [0.15, 0.2) is 40.8 Å². The summed E-state index contributed by atoms with van der Waals surface area (Å²) in [5.41, 5.74) is 2.12. The molecule has 1 aromatic heterocycles. The van der Waals surface area contributed by atoms with E-state index in [1.165, 1.54) is 0 Å². The van der Waals surface area contributed by atoms with Crippen LogP contribution < -0.4 is 15.5 Å². The van der Waals surface area contributed by atoms with Crippen molar-refractivity contribution in [1.82, 2.24) is 5.32 Å². The number of aryl methyl sites for hydroxylation is 1. The monoisotopic (exact) mass is 289 g/mol. The fourth-order valence-corrected chi connectivity index (χ4v) is 1.96. The van der Waals surface area contributed by atoms with Gasteiger partial charge in [0.25, 0.3) is 0 Å². The molecule has 0 bridgehead atoms. The van der Waals surface area contributed by atoms with E-state index in [1.54, 1.807) is 0 Å². The third-order valence-corrected chi connectivity index (χ3v) is 3.11. The third-order valence-electron chi connectivity index (χ3n) is 2.86. The molecular formula is C15H19N3OS. The molecule has 1 heterocycles. The van der Waals surface area contributed by atoms with Crippen molar-refractivity contribution in [3.63, 3.8) is 0 Å². The molecule has 20 heavy (non-hydrogen) atoms. The van der Waals surface area contributed by atoms with E-state index in [0.717, 1.165) is 22.9 Å². The van der Waals surface area contributed by atoms with Crippen LogP contribution >= 0.6 is 12.2 Å². The van der Waals surface area contributed by atoms with Crippen LogP contribution in [-0.2, 0) is 6.54 Å². The summed E-state index contributed by atoms with van der Waals surface area (Å²) in [7, 11) is 4.03. The van der Waals surface area contributed by atoms with Crippen molar-refractivity contribution in [3.8, 4) is 0 Å². The van der Waals surface area contributed by atoms with E-state index in [4.69, 9.17) is 16.6 Å². The minimum Gasteiger partial charge on any atom is -0.465 e. The molecule has 1 aromatic carbocycles. The standard InChI is InChI=1S/C15H19N3OS/c1-11-4-9-14(19-11)10-16-15(20)17-12-5-7-13(8-6-12)18(2)3/h4-9H,10H2,1-3H3,(H2,16,17,20). The van der Waals surface area contributed by atoms with Crippen LogP contribution in [0.3, 0.4) is 0 Å². The van der Waals surface area contributed by atoms with Gasteiger partial charge in [-0.25, -0.2) is 0 Å². The molecule has 2 N–H and O–H groups in total. The maximum atomic E-state index is 5.47. The van der Waals surface area contributed by atoms with Crippen LogP contribution in [0.25, 0.3) is 0 Å². The van der Waals surface area contributed by atoms with Crippen LogP contribution in [0.2, 0.25) is 0 Å². The predicted octanol–water partition coefficient (Wildman–Crippen LogP) is 3.14. The summed E-state index contributed by atoms with van der Waals surface area (Å²) in [6, 6.07) is 12.0. The number of furan rings is 1. The maximum Gasteiger partial charge on any atom is 0.171 e. The van der Waals surface area contributed by atoms with Crippen molar-refractivity contribution in [1.29, 1.82) is 0 Å². The minimum atomic E-state index is 0.579. The van der Waals surface area contributed by atoms with Crippen molar-refractivity contribution in [2.45, 2.75) is 13.5 Å². The Morgan fingerprint density at radius 1 is 1.15 bits per heavy atom. The zero-order valence-electron chi connectivity index (χ0n) is 11.9. The van der Waals surface area contributed by atoms with E-state index in [9.17, 15) is 0 Å². The van der Waals surface area contributed by atoms with Gasteiger partial charge in [-0.15, -0.1) is 0 Å². The number of hydrogen-bond acceptors (Lipinski definition) is 3. The fraction of sp³-hybridized carbons (Fsp3) is 0.267. The molecule has 0 aliphatic rings. The van der Waals surface area contributed by atoms with E-state index < -0.39 is 0 Å². The minimum absolute atomic E-state index is 0.579. The van der Waals surface area contributed by atoms with Gasteiger partial charge in [0, 0.05) is 25.5 Å². The average Bonchev–Trinajstić information content (AvgIpc) is 2.83. The number of rotatable bonds is 4. The molecular weight excluding hydrogens is 270 g/mol. The van der Waals surface area contributed by atoms with Crippen LogP contribution in [0.4, 0.5) is 11.4 Å². The highest BCUT2D eigenvalue weighted by molar-refractivity contribution is 7.80. The normalized spacial score (nSPS) is 10.2. The summed E-state index contributed by atoms with van der Waals surface area (Å²) in [6.07, 6.45) is 0. The van der Waals surface area contributed by atoms with Crippen LogP contribution in [0.1, 0.15) is 11.5 Å². The molecule has 0 aliphatic carbocycles. The van der Waals surface area contributed by atoms with Crippen LogP contribution in [0, 0.1) is 6.92 Å². The molecule has 0 radical (unpaired) electrons. The zero-order valence-corrected chi connectivity index (χ0v) is 12.8. The van der Waals surface area contributed by atoms with E-state index in [0.29, 0.717) is 11.7 Å².